The molecule has 1 aromatic rings. The zero-order valence-electron chi connectivity index (χ0n) is 16.6. The molecule has 0 radical (unpaired) electrons. The van der Waals surface area contributed by atoms with Crippen molar-refractivity contribution in [3.05, 3.63) is 46.1 Å². The lowest BCUT2D eigenvalue weighted by Gasteiger charge is -2.34. The highest BCUT2D eigenvalue weighted by Crippen LogP contribution is 2.37. The fraction of sp³-hybridized carbons (Fsp3) is 0.476. The maximum absolute atomic E-state index is 12.8. The van der Waals surface area contributed by atoms with Gasteiger partial charge in [-0.3, -0.25) is 9.59 Å². The van der Waals surface area contributed by atoms with Gasteiger partial charge in [-0.05, 0) is 38.0 Å². The van der Waals surface area contributed by atoms with Crippen molar-refractivity contribution < 1.29 is 19.1 Å². The number of amides is 2. The van der Waals surface area contributed by atoms with E-state index in [1.807, 2.05) is 6.92 Å². The molecule has 0 spiro atoms. The maximum Gasteiger partial charge on any atom is 0.336 e. The molecule has 1 aliphatic heterocycles. The van der Waals surface area contributed by atoms with Crippen LogP contribution < -0.4 is 5.32 Å². The van der Waals surface area contributed by atoms with Gasteiger partial charge in [0.05, 0.1) is 12.2 Å². The first-order valence-corrected chi connectivity index (χ1v) is 9.97. The fourth-order valence-electron chi connectivity index (χ4n) is 3.26. The van der Waals surface area contributed by atoms with Crippen molar-refractivity contribution in [2.45, 2.75) is 46.0 Å². The number of hydrogen-bond acceptors (Lipinski definition) is 4. The van der Waals surface area contributed by atoms with Crippen LogP contribution in [0, 0.1) is 0 Å². The summed E-state index contributed by atoms with van der Waals surface area (Å²) in [6, 6.07) is 7.07. The first-order valence-electron chi connectivity index (χ1n) is 9.59. The topological polar surface area (TPSA) is 75.7 Å². The smallest absolute Gasteiger partial charge is 0.336 e. The molecular formula is C21H27ClN2O4. The number of allylic oxidation sites excluding steroid dienone is 1. The van der Waals surface area contributed by atoms with E-state index in [-0.39, 0.29) is 31.4 Å². The van der Waals surface area contributed by atoms with Gasteiger partial charge in [-0.15, -0.1) is 0 Å². The van der Waals surface area contributed by atoms with Crippen LogP contribution in [0.5, 0.6) is 0 Å². The third-order valence-corrected chi connectivity index (χ3v) is 5.00. The van der Waals surface area contributed by atoms with E-state index in [1.54, 1.807) is 38.1 Å². The number of halogens is 1. The molecule has 0 fully saturated rings. The highest BCUT2D eigenvalue weighted by atomic mass is 35.5. The van der Waals surface area contributed by atoms with Gasteiger partial charge in [0.15, 0.2) is 0 Å². The van der Waals surface area contributed by atoms with Crippen LogP contribution >= 0.6 is 11.6 Å². The van der Waals surface area contributed by atoms with Crippen LogP contribution in [0.2, 0.25) is 5.02 Å². The second-order valence-electron chi connectivity index (χ2n) is 6.71. The van der Waals surface area contributed by atoms with Crippen molar-refractivity contribution in [3.8, 4) is 0 Å². The molecule has 2 rings (SSSR count). The number of nitrogens with one attached hydrogen (secondary N) is 1. The molecule has 7 heteroatoms. The van der Waals surface area contributed by atoms with Gasteiger partial charge >= 0.3 is 5.97 Å². The van der Waals surface area contributed by atoms with Crippen molar-refractivity contribution >= 4 is 29.4 Å². The average Bonchev–Trinajstić information content (AvgIpc) is 2.65. The maximum atomic E-state index is 12.8. The summed E-state index contributed by atoms with van der Waals surface area (Å²) in [6.07, 6.45) is 1.94. The Hall–Kier alpha value is -2.34. The zero-order valence-corrected chi connectivity index (χ0v) is 17.3. The Morgan fingerprint density at radius 1 is 1.25 bits per heavy atom. The molecule has 0 saturated carbocycles. The molecule has 2 amide bonds. The van der Waals surface area contributed by atoms with E-state index < -0.39 is 11.9 Å². The number of ether oxygens (including phenoxy) is 1. The fourth-order valence-corrected chi connectivity index (χ4v) is 3.39. The van der Waals surface area contributed by atoms with E-state index in [0.29, 0.717) is 22.8 Å². The Labute approximate surface area is 170 Å². The average molecular weight is 407 g/mol. The van der Waals surface area contributed by atoms with Gasteiger partial charge in [-0.2, -0.15) is 0 Å². The summed E-state index contributed by atoms with van der Waals surface area (Å²) in [5.41, 5.74) is 1.68. The van der Waals surface area contributed by atoms with Gasteiger partial charge in [0.25, 0.3) is 0 Å². The predicted octanol–water partition coefficient (Wildman–Crippen LogP) is 3.41. The molecule has 1 atom stereocenters. The Balaban J connectivity index is 2.33. The second kappa shape index (κ2) is 10.3. The van der Waals surface area contributed by atoms with Gasteiger partial charge < -0.3 is 15.0 Å². The number of benzene rings is 1. The molecule has 152 valence electrons. The minimum Gasteiger partial charge on any atom is -0.463 e. The number of unbranched alkanes of at least 4 members (excludes halogenated alkanes) is 1. The normalized spacial score (nSPS) is 16.9. The van der Waals surface area contributed by atoms with Gasteiger partial charge in [0.1, 0.15) is 6.54 Å². The minimum atomic E-state index is -0.469. The predicted molar refractivity (Wildman–Crippen MR) is 108 cm³/mol. The summed E-state index contributed by atoms with van der Waals surface area (Å²) in [6.45, 7) is 6.15. The molecule has 0 aliphatic carbocycles. The van der Waals surface area contributed by atoms with E-state index >= 15 is 0 Å². The number of carbonyl (C=O) groups excluding carboxylic acids is 3. The Morgan fingerprint density at radius 3 is 2.54 bits per heavy atom. The summed E-state index contributed by atoms with van der Waals surface area (Å²) in [5.74, 6) is -1.34. The van der Waals surface area contributed by atoms with E-state index in [9.17, 15) is 14.4 Å². The van der Waals surface area contributed by atoms with Crippen molar-refractivity contribution in [2.75, 3.05) is 19.7 Å². The standard InChI is InChI=1S/C21H27ClN2O4/c1-4-6-11-23-18(25)13-24-14(3)20(21(27)28-5-2)17(12-19(24)26)15-7-9-16(22)10-8-15/h7-10,17H,4-6,11-13H2,1-3H3,(H,23,25). The summed E-state index contributed by atoms with van der Waals surface area (Å²) in [4.78, 5) is 39.0. The molecule has 1 N–H and O–H groups in total. The number of nitrogens with zero attached hydrogens (tertiary/aromatic N) is 1. The summed E-state index contributed by atoms with van der Waals surface area (Å²) < 4.78 is 5.23. The van der Waals surface area contributed by atoms with Crippen molar-refractivity contribution in [1.82, 2.24) is 10.2 Å². The highest BCUT2D eigenvalue weighted by molar-refractivity contribution is 6.30. The number of carbonyl (C=O) groups is 3. The first kappa shape index (κ1) is 22.0. The van der Waals surface area contributed by atoms with E-state index in [4.69, 9.17) is 16.3 Å². The second-order valence-corrected chi connectivity index (χ2v) is 7.15. The largest absolute Gasteiger partial charge is 0.463 e. The molecule has 0 bridgehead atoms. The third-order valence-electron chi connectivity index (χ3n) is 4.74. The van der Waals surface area contributed by atoms with Crippen LogP contribution in [-0.2, 0) is 19.1 Å². The molecule has 0 aromatic heterocycles. The van der Waals surface area contributed by atoms with Crippen LogP contribution in [-0.4, -0.2) is 42.4 Å². The molecule has 1 heterocycles. The van der Waals surface area contributed by atoms with Crippen LogP contribution in [0.1, 0.15) is 51.5 Å². The van der Waals surface area contributed by atoms with Crippen LogP contribution in [0.25, 0.3) is 0 Å². The Bertz CT molecular complexity index is 758. The van der Waals surface area contributed by atoms with E-state index in [1.165, 1.54) is 4.90 Å². The first-order chi connectivity index (χ1) is 13.4. The molecule has 28 heavy (non-hydrogen) atoms. The highest BCUT2D eigenvalue weighted by Gasteiger charge is 2.37. The lowest BCUT2D eigenvalue weighted by Crippen LogP contribution is -2.44. The zero-order chi connectivity index (χ0) is 20.7. The molecule has 1 unspecified atom stereocenters. The monoisotopic (exact) mass is 406 g/mol. The molecule has 6 nitrogen and oxygen atoms in total. The molecular weight excluding hydrogens is 380 g/mol. The molecule has 1 aromatic carbocycles. The third kappa shape index (κ3) is 5.35. The van der Waals surface area contributed by atoms with Crippen molar-refractivity contribution in [3.63, 3.8) is 0 Å². The van der Waals surface area contributed by atoms with Crippen LogP contribution in [0.15, 0.2) is 35.5 Å². The van der Waals surface area contributed by atoms with Gasteiger partial charge in [0.2, 0.25) is 11.8 Å². The van der Waals surface area contributed by atoms with Crippen molar-refractivity contribution in [2.24, 2.45) is 0 Å². The van der Waals surface area contributed by atoms with E-state index in [0.717, 1.165) is 18.4 Å². The Morgan fingerprint density at radius 2 is 1.93 bits per heavy atom. The summed E-state index contributed by atoms with van der Waals surface area (Å²) in [5, 5.41) is 3.38. The van der Waals surface area contributed by atoms with Crippen LogP contribution in [0.3, 0.4) is 0 Å². The SMILES string of the molecule is CCCCNC(=O)CN1C(=O)CC(c2ccc(Cl)cc2)C(C(=O)OCC)=C1C. The Kier molecular flexibility index (Phi) is 8.05. The summed E-state index contributed by atoms with van der Waals surface area (Å²) in [7, 11) is 0. The van der Waals surface area contributed by atoms with Gasteiger partial charge in [0, 0.05) is 29.6 Å². The van der Waals surface area contributed by atoms with E-state index in [2.05, 4.69) is 5.32 Å². The minimum absolute atomic E-state index is 0.0926. The van der Waals surface area contributed by atoms with Gasteiger partial charge in [-0.1, -0.05) is 37.1 Å². The summed E-state index contributed by atoms with van der Waals surface area (Å²) >= 11 is 5.97. The molecule has 1 aliphatic rings. The lowest BCUT2D eigenvalue weighted by molar-refractivity contribution is -0.141. The lowest BCUT2D eigenvalue weighted by atomic mass is 9.83. The molecule has 0 saturated heterocycles. The quantitative estimate of drug-likeness (QED) is 0.530. The van der Waals surface area contributed by atoms with Crippen molar-refractivity contribution in [1.29, 1.82) is 0 Å². The van der Waals surface area contributed by atoms with Gasteiger partial charge in [-0.25, -0.2) is 4.79 Å². The number of esters is 1. The number of hydrogen-bond donors (Lipinski definition) is 1. The van der Waals surface area contributed by atoms with Crippen LogP contribution in [0.4, 0.5) is 0 Å². The number of rotatable bonds is 8.